The van der Waals surface area contributed by atoms with Gasteiger partial charge in [-0.3, -0.25) is 0 Å². The van der Waals surface area contributed by atoms with Crippen molar-refractivity contribution in [2.24, 2.45) is 0 Å². The second kappa shape index (κ2) is 4.08. The molecule has 0 heterocycles. The Morgan fingerprint density at radius 3 is 2.10 bits per heavy atom. The third-order valence-corrected chi connectivity index (χ3v) is 2.92. The van der Waals surface area contributed by atoms with Crippen LogP contribution < -0.4 is 0 Å². The van der Waals surface area contributed by atoms with Gasteiger partial charge in [-0.1, -0.05) is 0 Å². The van der Waals surface area contributed by atoms with Crippen molar-refractivity contribution in [3.63, 3.8) is 0 Å². The van der Waals surface area contributed by atoms with Crippen molar-refractivity contribution in [2.45, 2.75) is 25.6 Å². The van der Waals surface area contributed by atoms with Gasteiger partial charge in [-0.05, 0) is 46.2 Å². The van der Waals surface area contributed by atoms with Gasteiger partial charge in [0.1, 0.15) is 0 Å². The van der Waals surface area contributed by atoms with E-state index in [1.165, 1.54) is 0 Å². The predicted octanol–water partition coefficient (Wildman–Crippen LogP) is 2.11. The highest BCUT2D eigenvalue weighted by Gasteiger charge is 2.18. The molecule has 0 unspecified atom stereocenters. The van der Waals surface area contributed by atoms with Gasteiger partial charge in [0.05, 0.1) is 0 Å². The standard InChI is InChI=1S/C7H18FNSi/c1-9(2)6-5-7-10(3,4)8/h5-7H2,1-4H3. The topological polar surface area (TPSA) is 3.24 Å². The largest absolute Gasteiger partial charge is 0.314 e. The van der Waals surface area contributed by atoms with Gasteiger partial charge >= 0.3 is 0 Å². The van der Waals surface area contributed by atoms with E-state index in [1.807, 2.05) is 14.1 Å². The van der Waals surface area contributed by atoms with Crippen molar-refractivity contribution < 1.29 is 4.11 Å². The lowest BCUT2D eigenvalue weighted by Crippen LogP contribution is -2.21. The van der Waals surface area contributed by atoms with E-state index in [1.54, 1.807) is 13.1 Å². The Hall–Kier alpha value is 0.107. The Balaban J connectivity index is 3.21. The fourth-order valence-corrected chi connectivity index (χ4v) is 1.81. The van der Waals surface area contributed by atoms with E-state index in [9.17, 15) is 4.11 Å². The summed E-state index contributed by atoms with van der Waals surface area (Å²) in [5.41, 5.74) is 0. The molecule has 0 aromatic rings. The van der Waals surface area contributed by atoms with Crippen LogP contribution in [0.2, 0.25) is 19.1 Å². The summed E-state index contributed by atoms with van der Waals surface area (Å²) in [4.78, 5) is 2.10. The number of halogens is 1. The van der Waals surface area contributed by atoms with Crippen molar-refractivity contribution in [2.75, 3.05) is 20.6 Å². The summed E-state index contributed by atoms with van der Waals surface area (Å²) in [7, 11) is 1.79. The fourth-order valence-electron chi connectivity index (χ4n) is 0.816. The molecule has 0 fully saturated rings. The SMILES string of the molecule is CN(C)CCC[Si](C)(C)F. The van der Waals surface area contributed by atoms with E-state index in [2.05, 4.69) is 4.90 Å². The van der Waals surface area contributed by atoms with Crippen LogP contribution in [0.25, 0.3) is 0 Å². The minimum Gasteiger partial charge on any atom is -0.314 e. The lowest BCUT2D eigenvalue weighted by atomic mass is 10.5. The van der Waals surface area contributed by atoms with Crippen molar-refractivity contribution in [1.29, 1.82) is 0 Å². The monoisotopic (exact) mass is 163 g/mol. The average Bonchev–Trinajstić information content (AvgIpc) is 1.59. The molecule has 0 rings (SSSR count). The Bertz CT molecular complexity index is 88.1. The minimum absolute atomic E-state index is 0.797. The second-order valence-electron chi connectivity index (χ2n) is 3.63. The first-order valence-corrected chi connectivity index (χ1v) is 6.84. The molecule has 0 spiro atoms. The Morgan fingerprint density at radius 2 is 1.80 bits per heavy atom. The first kappa shape index (κ1) is 10.1. The van der Waals surface area contributed by atoms with Crippen LogP contribution in [-0.2, 0) is 0 Å². The van der Waals surface area contributed by atoms with Gasteiger partial charge in [0, 0.05) is 0 Å². The summed E-state index contributed by atoms with van der Waals surface area (Å²) >= 11 is 0. The highest BCUT2D eigenvalue weighted by Crippen LogP contribution is 2.12. The zero-order valence-electron chi connectivity index (χ0n) is 7.45. The summed E-state index contributed by atoms with van der Waals surface area (Å²) in [6, 6.07) is 0.797. The average molecular weight is 163 g/mol. The molecular formula is C7H18FNSi. The Morgan fingerprint density at radius 1 is 1.30 bits per heavy atom. The van der Waals surface area contributed by atoms with Gasteiger partial charge < -0.3 is 9.01 Å². The van der Waals surface area contributed by atoms with Gasteiger partial charge in [-0.25, -0.2) is 0 Å². The van der Waals surface area contributed by atoms with E-state index in [0.717, 1.165) is 19.0 Å². The highest BCUT2D eigenvalue weighted by molar-refractivity contribution is 6.70. The highest BCUT2D eigenvalue weighted by atomic mass is 28.4. The molecule has 10 heavy (non-hydrogen) atoms. The molecule has 0 N–H and O–H groups in total. The molecule has 0 aromatic heterocycles. The van der Waals surface area contributed by atoms with Crippen LogP contribution in [0.4, 0.5) is 4.11 Å². The maximum atomic E-state index is 13.0. The molecule has 0 saturated heterocycles. The molecule has 0 bridgehead atoms. The second-order valence-corrected chi connectivity index (χ2v) is 7.56. The predicted molar refractivity (Wildman–Crippen MR) is 46.6 cm³/mol. The first-order valence-electron chi connectivity index (χ1n) is 3.75. The van der Waals surface area contributed by atoms with E-state index < -0.39 is 8.41 Å². The molecule has 0 atom stereocenters. The van der Waals surface area contributed by atoms with E-state index >= 15 is 0 Å². The molecule has 3 heteroatoms. The molecule has 1 nitrogen and oxygen atoms in total. The first-order chi connectivity index (χ1) is 4.42. The number of rotatable bonds is 4. The third-order valence-electron chi connectivity index (χ3n) is 1.38. The molecule has 0 aromatic carbocycles. The Kier molecular flexibility index (Phi) is 4.13. The fraction of sp³-hybridized carbons (Fsp3) is 1.00. The van der Waals surface area contributed by atoms with E-state index in [0.29, 0.717) is 0 Å². The number of hydrogen-bond donors (Lipinski definition) is 0. The summed E-state index contributed by atoms with van der Waals surface area (Å²) in [6.07, 6.45) is 1.00. The van der Waals surface area contributed by atoms with Gasteiger partial charge in [-0.2, -0.15) is 0 Å². The van der Waals surface area contributed by atoms with Gasteiger partial charge in [0.15, 0.2) is 0 Å². The van der Waals surface area contributed by atoms with Crippen molar-refractivity contribution in [3.05, 3.63) is 0 Å². The van der Waals surface area contributed by atoms with Crippen molar-refractivity contribution >= 4 is 8.41 Å². The quantitative estimate of drug-likeness (QED) is 0.453. The van der Waals surface area contributed by atoms with Crippen LogP contribution in [0, 0.1) is 0 Å². The molecule has 0 aliphatic rings. The third kappa shape index (κ3) is 8.11. The van der Waals surface area contributed by atoms with Crippen molar-refractivity contribution in [3.8, 4) is 0 Å². The van der Waals surface area contributed by atoms with Gasteiger partial charge in [0.2, 0.25) is 8.41 Å². The van der Waals surface area contributed by atoms with Crippen LogP contribution in [0.15, 0.2) is 0 Å². The van der Waals surface area contributed by atoms with Crippen molar-refractivity contribution in [1.82, 2.24) is 4.90 Å². The maximum Gasteiger partial charge on any atom is 0.241 e. The molecule has 0 saturated carbocycles. The molecule has 0 aliphatic heterocycles. The summed E-state index contributed by atoms with van der Waals surface area (Å²) < 4.78 is 13.0. The maximum absolute atomic E-state index is 13.0. The van der Waals surface area contributed by atoms with E-state index in [-0.39, 0.29) is 0 Å². The van der Waals surface area contributed by atoms with E-state index in [4.69, 9.17) is 0 Å². The van der Waals surface area contributed by atoms with Crippen LogP contribution >= 0.6 is 0 Å². The normalized spacial score (nSPS) is 12.6. The van der Waals surface area contributed by atoms with Gasteiger partial charge in [-0.15, -0.1) is 0 Å². The number of nitrogens with zero attached hydrogens (tertiary/aromatic N) is 1. The summed E-state index contributed by atoms with van der Waals surface area (Å²) in [6.45, 7) is 4.55. The molecule has 0 radical (unpaired) electrons. The van der Waals surface area contributed by atoms with Crippen LogP contribution in [0.5, 0.6) is 0 Å². The summed E-state index contributed by atoms with van der Waals surface area (Å²) in [5, 5.41) is 0. The molecule has 0 aliphatic carbocycles. The summed E-state index contributed by atoms with van der Waals surface area (Å²) in [5.74, 6) is 0. The molecule has 62 valence electrons. The smallest absolute Gasteiger partial charge is 0.241 e. The molecular weight excluding hydrogens is 145 g/mol. The zero-order valence-corrected chi connectivity index (χ0v) is 8.45. The zero-order chi connectivity index (χ0) is 8.20. The number of hydrogen-bond acceptors (Lipinski definition) is 1. The lowest BCUT2D eigenvalue weighted by Gasteiger charge is -2.13. The molecule has 0 amide bonds. The Labute approximate surface area is 64.4 Å². The van der Waals surface area contributed by atoms with Crippen LogP contribution in [0.1, 0.15) is 6.42 Å². The lowest BCUT2D eigenvalue weighted by molar-refractivity contribution is 0.406. The van der Waals surface area contributed by atoms with Crippen LogP contribution in [0.3, 0.4) is 0 Å². The van der Waals surface area contributed by atoms with Gasteiger partial charge in [0.25, 0.3) is 0 Å². The minimum atomic E-state index is -2.25. The van der Waals surface area contributed by atoms with Crippen LogP contribution in [-0.4, -0.2) is 33.9 Å².